The zero-order valence-electron chi connectivity index (χ0n) is 7.20. The Bertz CT molecular complexity index is 370. The summed E-state index contributed by atoms with van der Waals surface area (Å²) in [5.74, 6) is -0.969. The van der Waals surface area contributed by atoms with Gasteiger partial charge in [0.2, 0.25) is 0 Å². The Balaban J connectivity index is 3.01. The van der Waals surface area contributed by atoms with E-state index in [4.69, 9.17) is 5.11 Å². The number of carboxylic acid groups (broad SMARTS) is 1. The number of nitrogens with one attached hydrogen (secondary N) is 1. The van der Waals surface area contributed by atoms with E-state index in [0.29, 0.717) is 17.8 Å². The maximum Gasteiger partial charge on any atom is 0.345 e. The summed E-state index contributed by atoms with van der Waals surface area (Å²) in [6, 6.07) is 1.59. The third kappa shape index (κ3) is 2.70. The number of hydrogen-bond donors (Lipinski definition) is 2. The zero-order valence-corrected chi connectivity index (χ0v) is 7.20. The average Bonchev–Trinajstić information content (AvgIpc) is 2.01. The van der Waals surface area contributed by atoms with Gasteiger partial charge >= 0.3 is 11.7 Å². The first-order valence-corrected chi connectivity index (χ1v) is 3.92. The predicted octanol–water partition coefficient (Wildman–Crippen LogP) is -0.0406. The molecule has 1 rings (SSSR count). The second-order valence-electron chi connectivity index (χ2n) is 2.63. The van der Waals surface area contributed by atoms with Crippen molar-refractivity contribution in [3.8, 4) is 0 Å². The average molecular weight is 182 g/mol. The fraction of sp³-hybridized carbons (Fsp3) is 0.375. The molecular weight excluding hydrogens is 172 g/mol. The molecule has 0 aliphatic rings. The molecule has 0 amide bonds. The van der Waals surface area contributed by atoms with Gasteiger partial charge in [-0.05, 0) is 12.5 Å². The molecule has 5 nitrogen and oxygen atoms in total. The Hall–Kier alpha value is -1.65. The first-order chi connectivity index (χ1) is 6.11. The van der Waals surface area contributed by atoms with Gasteiger partial charge in [0.15, 0.2) is 0 Å². The molecule has 5 heteroatoms. The van der Waals surface area contributed by atoms with Gasteiger partial charge in [0.05, 0.1) is 6.42 Å². The minimum atomic E-state index is -0.969. The highest BCUT2D eigenvalue weighted by molar-refractivity contribution is 5.69. The number of hydrogen-bond acceptors (Lipinski definition) is 3. The third-order valence-corrected chi connectivity index (χ3v) is 1.56. The van der Waals surface area contributed by atoms with Crippen LogP contribution >= 0.6 is 0 Å². The second-order valence-corrected chi connectivity index (χ2v) is 2.63. The molecule has 0 saturated carbocycles. The summed E-state index contributed by atoms with van der Waals surface area (Å²) in [7, 11) is 0. The van der Waals surface area contributed by atoms with Gasteiger partial charge in [-0.2, -0.15) is 4.98 Å². The monoisotopic (exact) mass is 182 g/mol. The lowest BCUT2D eigenvalue weighted by Gasteiger charge is -1.98. The molecule has 0 saturated heterocycles. The van der Waals surface area contributed by atoms with E-state index in [0.717, 1.165) is 0 Å². The summed E-state index contributed by atoms with van der Waals surface area (Å²) >= 11 is 0. The first kappa shape index (κ1) is 9.44. The molecule has 1 aromatic rings. The molecule has 13 heavy (non-hydrogen) atoms. The molecule has 0 fully saturated rings. The van der Waals surface area contributed by atoms with Gasteiger partial charge in [-0.25, -0.2) is 4.79 Å². The standard InChI is InChI=1S/C8H10N2O3/c1-2-5-3-6(4-7(11)12)10-8(13)9-5/h3H,2,4H2,1H3,(H,11,12)(H,9,10,13). The van der Waals surface area contributed by atoms with Gasteiger partial charge < -0.3 is 10.1 Å². The molecule has 0 aromatic carbocycles. The smallest absolute Gasteiger partial charge is 0.345 e. The molecule has 0 aliphatic carbocycles. The van der Waals surface area contributed by atoms with E-state index in [9.17, 15) is 9.59 Å². The minimum absolute atomic E-state index is 0.176. The Morgan fingerprint density at radius 2 is 2.38 bits per heavy atom. The Morgan fingerprint density at radius 3 is 2.92 bits per heavy atom. The van der Waals surface area contributed by atoms with Crippen molar-refractivity contribution in [1.29, 1.82) is 0 Å². The molecule has 70 valence electrons. The van der Waals surface area contributed by atoms with E-state index >= 15 is 0 Å². The number of aromatic nitrogens is 2. The topological polar surface area (TPSA) is 83.0 Å². The molecule has 1 aromatic heterocycles. The lowest BCUT2D eigenvalue weighted by atomic mass is 10.2. The van der Waals surface area contributed by atoms with Crippen molar-refractivity contribution < 1.29 is 9.90 Å². The molecule has 0 unspecified atom stereocenters. The number of aromatic amines is 1. The maximum absolute atomic E-state index is 10.9. The van der Waals surface area contributed by atoms with Crippen LogP contribution in [0.15, 0.2) is 10.9 Å². The predicted molar refractivity (Wildman–Crippen MR) is 45.6 cm³/mol. The quantitative estimate of drug-likeness (QED) is 0.687. The van der Waals surface area contributed by atoms with Crippen molar-refractivity contribution in [1.82, 2.24) is 9.97 Å². The van der Waals surface area contributed by atoms with Gasteiger partial charge in [0.1, 0.15) is 0 Å². The van der Waals surface area contributed by atoms with Crippen LogP contribution < -0.4 is 5.69 Å². The van der Waals surface area contributed by atoms with Crippen LogP contribution in [0.4, 0.5) is 0 Å². The second kappa shape index (κ2) is 3.84. The minimum Gasteiger partial charge on any atom is -0.481 e. The van der Waals surface area contributed by atoms with Crippen molar-refractivity contribution in [2.24, 2.45) is 0 Å². The highest BCUT2D eigenvalue weighted by Gasteiger charge is 2.03. The van der Waals surface area contributed by atoms with Crippen LogP contribution in [0.2, 0.25) is 0 Å². The number of carboxylic acids is 1. The molecule has 0 aliphatic heterocycles. The van der Waals surface area contributed by atoms with Crippen LogP contribution in [-0.4, -0.2) is 21.0 Å². The highest BCUT2D eigenvalue weighted by atomic mass is 16.4. The first-order valence-electron chi connectivity index (χ1n) is 3.92. The lowest BCUT2D eigenvalue weighted by molar-refractivity contribution is -0.136. The van der Waals surface area contributed by atoms with E-state index in [-0.39, 0.29) is 6.42 Å². The van der Waals surface area contributed by atoms with Crippen molar-refractivity contribution >= 4 is 5.97 Å². The molecule has 0 spiro atoms. The third-order valence-electron chi connectivity index (χ3n) is 1.56. The van der Waals surface area contributed by atoms with Crippen LogP contribution in [0.3, 0.4) is 0 Å². The Labute approximate surface area is 74.4 Å². The van der Waals surface area contributed by atoms with Crippen LogP contribution in [0.25, 0.3) is 0 Å². The highest BCUT2D eigenvalue weighted by Crippen LogP contribution is 1.97. The summed E-state index contributed by atoms with van der Waals surface area (Å²) in [6.07, 6.45) is 0.446. The number of H-pyrrole nitrogens is 1. The zero-order chi connectivity index (χ0) is 9.84. The number of rotatable bonds is 3. The number of aryl methyl sites for hydroxylation is 1. The van der Waals surface area contributed by atoms with Gasteiger partial charge in [0.25, 0.3) is 0 Å². The fourth-order valence-corrected chi connectivity index (χ4v) is 1.00. The largest absolute Gasteiger partial charge is 0.481 e. The summed E-state index contributed by atoms with van der Waals surface area (Å²) in [5, 5.41) is 8.48. The van der Waals surface area contributed by atoms with Crippen molar-refractivity contribution in [2.75, 3.05) is 0 Å². The van der Waals surface area contributed by atoms with Crippen LogP contribution in [0.1, 0.15) is 18.3 Å². The maximum atomic E-state index is 10.9. The summed E-state index contributed by atoms with van der Waals surface area (Å²) in [6.45, 7) is 1.85. The molecule has 0 bridgehead atoms. The fourth-order valence-electron chi connectivity index (χ4n) is 1.00. The summed E-state index contributed by atoms with van der Waals surface area (Å²) in [4.78, 5) is 27.3. The van der Waals surface area contributed by atoms with E-state index in [2.05, 4.69) is 9.97 Å². The molecule has 0 atom stereocenters. The normalized spacial score (nSPS) is 9.92. The van der Waals surface area contributed by atoms with Crippen LogP contribution in [0, 0.1) is 0 Å². The number of nitrogens with zero attached hydrogens (tertiary/aromatic N) is 1. The van der Waals surface area contributed by atoms with Gasteiger partial charge in [-0.3, -0.25) is 4.79 Å². The number of carbonyl (C=O) groups is 1. The van der Waals surface area contributed by atoms with Gasteiger partial charge in [0, 0.05) is 11.4 Å². The Morgan fingerprint density at radius 1 is 1.69 bits per heavy atom. The molecule has 0 radical (unpaired) electrons. The van der Waals surface area contributed by atoms with Crippen LogP contribution in [-0.2, 0) is 17.6 Å². The van der Waals surface area contributed by atoms with E-state index < -0.39 is 11.7 Å². The summed E-state index contributed by atoms with van der Waals surface area (Å²) in [5.41, 5.74) is 0.514. The van der Waals surface area contributed by atoms with E-state index in [1.165, 1.54) is 0 Å². The van der Waals surface area contributed by atoms with Gasteiger partial charge in [-0.1, -0.05) is 6.92 Å². The molecular formula is C8H10N2O3. The summed E-state index contributed by atoms with van der Waals surface area (Å²) < 4.78 is 0. The number of aliphatic carboxylic acids is 1. The van der Waals surface area contributed by atoms with Crippen LogP contribution in [0.5, 0.6) is 0 Å². The van der Waals surface area contributed by atoms with Crippen molar-refractivity contribution in [3.63, 3.8) is 0 Å². The van der Waals surface area contributed by atoms with Crippen molar-refractivity contribution in [2.45, 2.75) is 19.8 Å². The van der Waals surface area contributed by atoms with Gasteiger partial charge in [-0.15, -0.1) is 0 Å². The molecule has 2 N–H and O–H groups in total. The SMILES string of the molecule is CCc1cc(CC(=O)O)[nH]c(=O)n1. The molecule has 1 heterocycles. The lowest BCUT2D eigenvalue weighted by Crippen LogP contribution is -2.16. The Kier molecular flexibility index (Phi) is 2.79. The van der Waals surface area contributed by atoms with E-state index in [1.807, 2.05) is 6.92 Å². The van der Waals surface area contributed by atoms with Crippen molar-refractivity contribution in [3.05, 3.63) is 27.9 Å². The van der Waals surface area contributed by atoms with E-state index in [1.54, 1.807) is 6.07 Å².